The second kappa shape index (κ2) is 12.0. The molecule has 8 unspecified atom stereocenters. The first-order chi connectivity index (χ1) is 15.9. The Balaban J connectivity index is 1.16. The molecule has 4 nitrogen and oxygen atoms in total. The molecule has 4 bridgehead atoms. The summed E-state index contributed by atoms with van der Waals surface area (Å²) in [7, 11) is 0. The van der Waals surface area contributed by atoms with Gasteiger partial charge < -0.3 is 19.3 Å². The fourth-order valence-electron chi connectivity index (χ4n) is 7.91. The summed E-state index contributed by atoms with van der Waals surface area (Å²) in [5.74, 6) is 1.65. The molecule has 4 heteroatoms. The standard InChI is InChI=1S/C28H50N2O2/c1-3-7-15-25-17-21-30-20-10-14-24(28(30)31-25)12-6-2-4-8-16-26-18-22-29-19-9-13-23(11-5-1)27(29)32-26/h23-28H,1-22H2/p+2. The molecule has 5 aliphatic rings. The van der Waals surface area contributed by atoms with Gasteiger partial charge in [-0.3, -0.25) is 0 Å². The Morgan fingerprint density at radius 1 is 0.375 bits per heavy atom. The average molecular weight is 449 g/mol. The first kappa shape index (κ1) is 23.6. The molecular weight excluding hydrogens is 396 g/mol. The van der Waals surface area contributed by atoms with Gasteiger partial charge in [-0.2, -0.15) is 0 Å². The van der Waals surface area contributed by atoms with Gasteiger partial charge in [-0.05, 0) is 51.4 Å². The van der Waals surface area contributed by atoms with Crippen LogP contribution < -0.4 is 9.80 Å². The van der Waals surface area contributed by atoms with Crippen LogP contribution in [-0.2, 0) is 9.47 Å². The first-order valence-corrected chi connectivity index (χ1v) is 14.9. The fourth-order valence-corrected chi connectivity index (χ4v) is 7.91. The van der Waals surface area contributed by atoms with Crippen molar-refractivity contribution in [2.24, 2.45) is 11.8 Å². The quantitative estimate of drug-likeness (QED) is 0.594. The monoisotopic (exact) mass is 448 g/mol. The lowest BCUT2D eigenvalue weighted by Gasteiger charge is -2.44. The highest BCUT2D eigenvalue weighted by molar-refractivity contribution is 4.75. The van der Waals surface area contributed by atoms with Crippen molar-refractivity contribution in [1.82, 2.24) is 0 Å². The summed E-state index contributed by atoms with van der Waals surface area (Å²) in [4.78, 5) is 3.57. The van der Waals surface area contributed by atoms with Crippen LogP contribution in [0.2, 0.25) is 0 Å². The van der Waals surface area contributed by atoms with Gasteiger partial charge in [0.25, 0.3) is 0 Å². The predicted molar refractivity (Wildman–Crippen MR) is 129 cm³/mol. The van der Waals surface area contributed by atoms with E-state index < -0.39 is 0 Å². The maximum atomic E-state index is 6.78. The molecule has 0 saturated carbocycles. The number of ether oxygens (including phenoxy) is 2. The molecule has 5 rings (SSSR count). The van der Waals surface area contributed by atoms with E-state index in [1.165, 1.54) is 142 Å². The third kappa shape index (κ3) is 6.09. The van der Waals surface area contributed by atoms with Crippen molar-refractivity contribution in [3.8, 4) is 0 Å². The van der Waals surface area contributed by atoms with Crippen LogP contribution in [0.4, 0.5) is 0 Å². The lowest BCUT2D eigenvalue weighted by Crippen LogP contribution is -3.19. The molecule has 0 aromatic heterocycles. The minimum Gasteiger partial charge on any atom is -0.325 e. The summed E-state index contributed by atoms with van der Waals surface area (Å²) >= 11 is 0. The molecule has 0 radical (unpaired) electrons. The Morgan fingerprint density at radius 3 is 1.25 bits per heavy atom. The lowest BCUT2D eigenvalue weighted by molar-refractivity contribution is -0.968. The van der Waals surface area contributed by atoms with E-state index in [1.54, 1.807) is 9.80 Å². The Labute approximate surface area is 197 Å². The number of piperidine rings is 2. The Hall–Kier alpha value is -0.160. The zero-order valence-corrected chi connectivity index (χ0v) is 20.8. The van der Waals surface area contributed by atoms with Gasteiger partial charge >= 0.3 is 0 Å². The molecule has 5 aliphatic heterocycles. The van der Waals surface area contributed by atoms with E-state index in [9.17, 15) is 0 Å². The van der Waals surface area contributed by atoms with Crippen LogP contribution in [0.1, 0.15) is 116 Å². The first-order valence-electron chi connectivity index (χ1n) is 14.9. The minimum absolute atomic E-state index is 0.525. The van der Waals surface area contributed by atoms with Crippen molar-refractivity contribution in [1.29, 1.82) is 0 Å². The van der Waals surface area contributed by atoms with Gasteiger partial charge in [0.1, 0.15) is 0 Å². The van der Waals surface area contributed by atoms with Gasteiger partial charge in [0.15, 0.2) is 12.5 Å². The number of fused-ring (bicyclic) bond motifs is 2. The van der Waals surface area contributed by atoms with Crippen LogP contribution in [-0.4, -0.2) is 50.8 Å². The molecule has 0 aliphatic carbocycles. The number of rotatable bonds is 0. The molecule has 2 N–H and O–H groups in total. The SMILES string of the molecule is C1CCCC2CCC[NH+]3CCC(CCCCCCC4CCC[NH+]5CCC(CC1)OC45)OC23. The highest BCUT2D eigenvalue weighted by atomic mass is 16.5. The van der Waals surface area contributed by atoms with Crippen LogP contribution in [0.5, 0.6) is 0 Å². The maximum Gasteiger partial charge on any atom is 0.194 e. The van der Waals surface area contributed by atoms with E-state index in [2.05, 4.69) is 0 Å². The normalized spacial score (nSPS) is 45.0. The number of hydrogen-bond acceptors (Lipinski definition) is 2. The summed E-state index contributed by atoms with van der Waals surface area (Å²) in [6, 6.07) is 0. The van der Waals surface area contributed by atoms with Crippen molar-refractivity contribution >= 4 is 0 Å². The summed E-state index contributed by atoms with van der Waals surface area (Å²) in [5, 5.41) is 0. The minimum atomic E-state index is 0.525. The van der Waals surface area contributed by atoms with Crippen LogP contribution in [0.15, 0.2) is 0 Å². The van der Waals surface area contributed by atoms with Gasteiger partial charge in [0, 0.05) is 24.7 Å². The van der Waals surface area contributed by atoms with Gasteiger partial charge in [-0.25, -0.2) is 0 Å². The van der Waals surface area contributed by atoms with Crippen LogP contribution in [0, 0.1) is 11.8 Å². The molecule has 0 aromatic carbocycles. The molecule has 5 fully saturated rings. The van der Waals surface area contributed by atoms with Crippen molar-refractivity contribution in [3.63, 3.8) is 0 Å². The molecular formula is C28H52N2O2+2. The Kier molecular flexibility index (Phi) is 8.84. The molecule has 5 heterocycles. The summed E-state index contributed by atoms with van der Waals surface area (Å²) in [5.41, 5.74) is 0. The summed E-state index contributed by atoms with van der Waals surface area (Å²) in [6.07, 6.45) is 27.1. The predicted octanol–water partition coefficient (Wildman–Crippen LogP) is 3.50. The number of quaternary nitrogens is 2. The third-order valence-electron chi connectivity index (χ3n) is 9.76. The fraction of sp³-hybridized carbons (Fsp3) is 1.00. The molecule has 5 saturated heterocycles. The van der Waals surface area contributed by atoms with Gasteiger partial charge in [0.05, 0.1) is 38.4 Å². The smallest absolute Gasteiger partial charge is 0.194 e. The zero-order chi connectivity index (χ0) is 21.6. The van der Waals surface area contributed by atoms with Gasteiger partial charge in [-0.1, -0.05) is 51.4 Å². The van der Waals surface area contributed by atoms with E-state index in [1.807, 2.05) is 0 Å². The lowest BCUT2D eigenvalue weighted by atomic mass is 9.87. The van der Waals surface area contributed by atoms with E-state index in [0.717, 1.165) is 11.8 Å². The highest BCUT2D eigenvalue weighted by Crippen LogP contribution is 2.29. The summed E-state index contributed by atoms with van der Waals surface area (Å²) in [6.45, 7) is 5.46. The van der Waals surface area contributed by atoms with E-state index in [-0.39, 0.29) is 0 Å². The van der Waals surface area contributed by atoms with Crippen LogP contribution in [0.3, 0.4) is 0 Å². The maximum absolute atomic E-state index is 6.78. The largest absolute Gasteiger partial charge is 0.325 e. The van der Waals surface area contributed by atoms with Crippen molar-refractivity contribution in [2.75, 3.05) is 26.2 Å². The molecule has 0 amide bonds. The summed E-state index contributed by atoms with van der Waals surface area (Å²) < 4.78 is 13.6. The number of nitrogens with one attached hydrogen (secondary N) is 2. The Bertz CT molecular complexity index is 510. The van der Waals surface area contributed by atoms with E-state index >= 15 is 0 Å². The van der Waals surface area contributed by atoms with Crippen molar-refractivity contribution in [3.05, 3.63) is 0 Å². The van der Waals surface area contributed by atoms with E-state index in [4.69, 9.17) is 9.47 Å². The van der Waals surface area contributed by atoms with Crippen LogP contribution in [0.25, 0.3) is 0 Å². The second-order valence-electron chi connectivity index (χ2n) is 12.0. The Morgan fingerprint density at radius 2 is 0.781 bits per heavy atom. The highest BCUT2D eigenvalue weighted by Gasteiger charge is 2.41. The third-order valence-corrected chi connectivity index (χ3v) is 9.76. The molecule has 0 aromatic rings. The van der Waals surface area contributed by atoms with E-state index in [0.29, 0.717) is 24.7 Å². The topological polar surface area (TPSA) is 27.3 Å². The average Bonchev–Trinajstić information content (AvgIpc) is 2.83. The van der Waals surface area contributed by atoms with Gasteiger partial charge in [-0.15, -0.1) is 0 Å². The van der Waals surface area contributed by atoms with Gasteiger partial charge in [0.2, 0.25) is 0 Å². The molecule has 0 spiro atoms. The van der Waals surface area contributed by atoms with Crippen molar-refractivity contribution < 1.29 is 19.3 Å². The zero-order valence-electron chi connectivity index (χ0n) is 20.8. The van der Waals surface area contributed by atoms with Crippen LogP contribution >= 0.6 is 0 Å². The molecule has 8 atom stereocenters. The molecule has 32 heavy (non-hydrogen) atoms. The van der Waals surface area contributed by atoms with Crippen molar-refractivity contribution in [2.45, 2.75) is 140 Å². The second-order valence-corrected chi connectivity index (χ2v) is 12.0. The molecule has 184 valence electrons. The number of hydrogen-bond donors (Lipinski definition) is 2.